The Labute approximate surface area is 144 Å². The molecule has 0 bridgehead atoms. The highest BCUT2D eigenvalue weighted by Gasteiger charge is 2.15. The number of hydrogen-bond acceptors (Lipinski definition) is 5. The number of nitrogens with one attached hydrogen (secondary N) is 1. The Morgan fingerprint density at radius 2 is 1.96 bits per heavy atom. The number of aryl methyl sites for hydroxylation is 2. The Kier molecular flexibility index (Phi) is 5.84. The molecule has 25 heavy (non-hydrogen) atoms. The van der Waals surface area contributed by atoms with E-state index in [4.69, 9.17) is 4.74 Å². The molecule has 0 aliphatic carbocycles. The maximum absolute atomic E-state index is 12.0. The third-order valence-corrected chi connectivity index (χ3v) is 3.58. The number of anilines is 1. The lowest BCUT2D eigenvalue weighted by atomic mass is 10.1. The first kappa shape index (κ1) is 18.1. The van der Waals surface area contributed by atoms with E-state index < -0.39 is 23.4 Å². The van der Waals surface area contributed by atoms with E-state index in [1.165, 1.54) is 25.1 Å². The van der Waals surface area contributed by atoms with Crippen LogP contribution in [0.2, 0.25) is 0 Å². The highest BCUT2D eigenvalue weighted by Crippen LogP contribution is 2.19. The topological polar surface area (TPSA) is 98.5 Å². The summed E-state index contributed by atoms with van der Waals surface area (Å²) in [5.74, 6) is -1.17. The largest absolute Gasteiger partial charge is 0.452 e. The Hall–Kier alpha value is -3.22. The summed E-state index contributed by atoms with van der Waals surface area (Å²) in [6.45, 7) is 3.10. The molecule has 0 aliphatic rings. The number of nitro benzene ring substituents is 1. The lowest BCUT2D eigenvalue weighted by Gasteiger charge is -2.08. The maximum Gasteiger partial charge on any atom is 0.338 e. The summed E-state index contributed by atoms with van der Waals surface area (Å²) in [5, 5.41) is 13.4. The fourth-order valence-corrected chi connectivity index (χ4v) is 2.27. The van der Waals surface area contributed by atoms with E-state index in [2.05, 4.69) is 5.32 Å². The van der Waals surface area contributed by atoms with Gasteiger partial charge in [-0.2, -0.15) is 0 Å². The Balaban J connectivity index is 1.94. The first-order valence-corrected chi connectivity index (χ1v) is 7.71. The van der Waals surface area contributed by atoms with Crippen LogP contribution in [0.5, 0.6) is 0 Å². The van der Waals surface area contributed by atoms with E-state index in [1.54, 1.807) is 6.07 Å². The zero-order chi connectivity index (χ0) is 18.4. The minimum absolute atomic E-state index is 0.0786. The zero-order valence-corrected chi connectivity index (χ0v) is 13.9. The number of esters is 1. The van der Waals surface area contributed by atoms with Crippen molar-refractivity contribution < 1.29 is 19.2 Å². The first-order valence-electron chi connectivity index (χ1n) is 7.71. The van der Waals surface area contributed by atoms with Crippen molar-refractivity contribution in [3.05, 3.63) is 69.3 Å². The number of carbonyl (C=O) groups is 2. The molecule has 0 spiro atoms. The smallest absolute Gasteiger partial charge is 0.338 e. The maximum atomic E-state index is 12.0. The average Bonchev–Trinajstić information content (AvgIpc) is 2.59. The summed E-state index contributed by atoms with van der Waals surface area (Å²) >= 11 is 0. The molecule has 2 aromatic rings. The van der Waals surface area contributed by atoms with Crippen LogP contribution in [-0.2, 0) is 16.0 Å². The van der Waals surface area contributed by atoms with E-state index in [1.807, 2.05) is 25.1 Å². The number of ether oxygens (including phenoxy) is 1. The van der Waals surface area contributed by atoms with Gasteiger partial charge in [0.2, 0.25) is 0 Å². The van der Waals surface area contributed by atoms with Crippen LogP contribution in [0.1, 0.15) is 28.4 Å². The molecule has 0 heterocycles. The molecule has 1 N–H and O–H groups in total. The molecule has 0 atom stereocenters. The summed E-state index contributed by atoms with van der Waals surface area (Å²) in [6.07, 6.45) is 0.845. The van der Waals surface area contributed by atoms with Crippen molar-refractivity contribution in [3.8, 4) is 0 Å². The number of carbonyl (C=O) groups excluding carboxylic acids is 2. The highest BCUT2D eigenvalue weighted by molar-refractivity contribution is 5.95. The van der Waals surface area contributed by atoms with Gasteiger partial charge in [-0.15, -0.1) is 0 Å². The normalized spacial score (nSPS) is 10.2. The molecule has 0 saturated heterocycles. The van der Waals surface area contributed by atoms with Gasteiger partial charge in [0.25, 0.3) is 11.6 Å². The van der Waals surface area contributed by atoms with Gasteiger partial charge in [0.15, 0.2) is 6.61 Å². The molecule has 7 nitrogen and oxygen atoms in total. The Morgan fingerprint density at radius 3 is 2.60 bits per heavy atom. The second-order valence-electron chi connectivity index (χ2n) is 5.44. The van der Waals surface area contributed by atoms with E-state index in [9.17, 15) is 19.7 Å². The molecule has 0 fully saturated rings. The van der Waals surface area contributed by atoms with Crippen LogP contribution in [0.3, 0.4) is 0 Å². The average molecular weight is 342 g/mol. The quantitative estimate of drug-likeness (QED) is 0.493. The van der Waals surface area contributed by atoms with Crippen LogP contribution in [0.15, 0.2) is 42.5 Å². The van der Waals surface area contributed by atoms with Crippen molar-refractivity contribution in [2.45, 2.75) is 20.3 Å². The molecule has 2 rings (SSSR count). The van der Waals surface area contributed by atoms with Crippen LogP contribution in [-0.4, -0.2) is 23.4 Å². The summed E-state index contributed by atoms with van der Waals surface area (Å²) in [6, 6.07) is 11.3. The molecule has 0 aromatic heterocycles. The molecular formula is C18H18N2O5. The fourth-order valence-electron chi connectivity index (χ4n) is 2.27. The second kappa shape index (κ2) is 8.05. The summed E-state index contributed by atoms with van der Waals surface area (Å²) in [4.78, 5) is 34.1. The van der Waals surface area contributed by atoms with E-state index in [0.717, 1.165) is 12.0 Å². The lowest BCUT2D eigenvalue weighted by Crippen LogP contribution is -2.21. The van der Waals surface area contributed by atoms with Crippen molar-refractivity contribution in [1.29, 1.82) is 0 Å². The molecule has 1 amide bonds. The number of amides is 1. The molecule has 0 unspecified atom stereocenters. The fraction of sp³-hybridized carbons (Fsp3) is 0.222. The monoisotopic (exact) mass is 342 g/mol. The van der Waals surface area contributed by atoms with E-state index >= 15 is 0 Å². The minimum Gasteiger partial charge on any atom is -0.452 e. The van der Waals surface area contributed by atoms with Crippen molar-refractivity contribution in [2.24, 2.45) is 0 Å². The van der Waals surface area contributed by atoms with Crippen LogP contribution in [0, 0.1) is 17.0 Å². The van der Waals surface area contributed by atoms with Crippen molar-refractivity contribution in [3.63, 3.8) is 0 Å². The van der Waals surface area contributed by atoms with Gasteiger partial charge in [0.1, 0.15) is 0 Å². The van der Waals surface area contributed by atoms with Crippen LogP contribution in [0.4, 0.5) is 11.4 Å². The predicted molar refractivity (Wildman–Crippen MR) is 92.6 cm³/mol. The Bertz CT molecular complexity index is 817. The van der Waals surface area contributed by atoms with Crippen molar-refractivity contribution >= 4 is 23.3 Å². The standard InChI is InChI=1S/C18H18N2O5/c1-3-13-5-4-6-15(10-13)19-17(21)11-25-18(22)14-7-8-16(20(23)24)12(2)9-14/h4-10H,3,11H2,1-2H3,(H,19,21). The minimum atomic E-state index is -0.713. The zero-order valence-electron chi connectivity index (χ0n) is 13.9. The first-order chi connectivity index (χ1) is 11.9. The van der Waals surface area contributed by atoms with Gasteiger partial charge in [-0.3, -0.25) is 14.9 Å². The number of nitro groups is 1. The van der Waals surface area contributed by atoms with Crippen LogP contribution < -0.4 is 5.32 Å². The second-order valence-corrected chi connectivity index (χ2v) is 5.44. The van der Waals surface area contributed by atoms with Gasteiger partial charge >= 0.3 is 5.97 Å². The number of rotatable bonds is 6. The van der Waals surface area contributed by atoms with E-state index in [0.29, 0.717) is 11.3 Å². The van der Waals surface area contributed by atoms with Gasteiger partial charge in [-0.05, 0) is 43.2 Å². The SMILES string of the molecule is CCc1cccc(NC(=O)COC(=O)c2ccc([N+](=O)[O-])c(C)c2)c1. The van der Waals surface area contributed by atoms with Gasteiger partial charge < -0.3 is 10.1 Å². The van der Waals surface area contributed by atoms with E-state index in [-0.39, 0.29) is 11.3 Å². The third kappa shape index (κ3) is 4.87. The van der Waals surface area contributed by atoms with Gasteiger partial charge in [0.05, 0.1) is 10.5 Å². The van der Waals surface area contributed by atoms with Crippen molar-refractivity contribution in [1.82, 2.24) is 0 Å². The predicted octanol–water partition coefficient (Wildman–Crippen LogP) is 3.26. The van der Waals surface area contributed by atoms with Crippen LogP contribution >= 0.6 is 0 Å². The summed E-state index contributed by atoms with van der Waals surface area (Å²) in [7, 11) is 0. The molecule has 2 aromatic carbocycles. The summed E-state index contributed by atoms with van der Waals surface area (Å²) < 4.78 is 4.95. The van der Waals surface area contributed by atoms with Gasteiger partial charge in [0, 0.05) is 17.3 Å². The summed E-state index contributed by atoms with van der Waals surface area (Å²) in [5.41, 5.74) is 2.14. The number of nitrogens with zero attached hydrogens (tertiary/aromatic N) is 1. The lowest BCUT2D eigenvalue weighted by molar-refractivity contribution is -0.385. The third-order valence-electron chi connectivity index (χ3n) is 3.58. The molecule has 7 heteroatoms. The molecule has 0 radical (unpaired) electrons. The van der Waals surface area contributed by atoms with Crippen molar-refractivity contribution in [2.75, 3.05) is 11.9 Å². The molecule has 0 saturated carbocycles. The highest BCUT2D eigenvalue weighted by atomic mass is 16.6. The molecule has 130 valence electrons. The Morgan fingerprint density at radius 1 is 1.20 bits per heavy atom. The molecular weight excluding hydrogens is 324 g/mol. The number of hydrogen-bond donors (Lipinski definition) is 1. The van der Waals surface area contributed by atoms with Gasteiger partial charge in [-0.1, -0.05) is 19.1 Å². The number of benzene rings is 2. The van der Waals surface area contributed by atoms with Crippen LogP contribution in [0.25, 0.3) is 0 Å². The molecule has 0 aliphatic heterocycles. The van der Waals surface area contributed by atoms with Gasteiger partial charge in [-0.25, -0.2) is 4.79 Å².